The van der Waals surface area contributed by atoms with Gasteiger partial charge in [-0.15, -0.1) is 0 Å². The van der Waals surface area contributed by atoms with Crippen LogP contribution in [-0.4, -0.2) is 49.0 Å². The average Bonchev–Trinajstić information content (AvgIpc) is 2.94. The van der Waals surface area contributed by atoms with Crippen molar-refractivity contribution in [2.45, 2.75) is 12.6 Å². The van der Waals surface area contributed by atoms with Crippen molar-refractivity contribution in [3.63, 3.8) is 0 Å². The van der Waals surface area contributed by atoms with E-state index < -0.39 is 0 Å². The first-order valence-electron chi connectivity index (χ1n) is 5.87. The Morgan fingerprint density at radius 3 is 3.00 bits per heavy atom. The van der Waals surface area contributed by atoms with Crippen LogP contribution in [0.2, 0.25) is 0 Å². The molecule has 1 aliphatic heterocycles. The lowest BCUT2D eigenvalue weighted by molar-refractivity contribution is 0.361. The van der Waals surface area contributed by atoms with Crippen LogP contribution in [0.15, 0.2) is 18.3 Å². The van der Waals surface area contributed by atoms with E-state index in [0.717, 1.165) is 31.1 Å². The number of nitrogens with zero attached hydrogens (tertiary/aromatic N) is 3. The van der Waals surface area contributed by atoms with Gasteiger partial charge < -0.3 is 15.0 Å². The van der Waals surface area contributed by atoms with E-state index in [-0.39, 0.29) is 6.04 Å². The maximum Gasteiger partial charge on any atom is 0.161 e. The molecule has 0 aromatic carbocycles. The number of hydrogen-bond acceptors (Lipinski definition) is 4. The molecule has 5 nitrogen and oxygen atoms in total. The number of methoxy groups -OCH3 is 1. The van der Waals surface area contributed by atoms with E-state index in [4.69, 9.17) is 4.74 Å². The molecule has 1 aromatic heterocycles. The Morgan fingerprint density at radius 2 is 2.41 bits per heavy atom. The number of nitrogens with one attached hydrogen (secondary N) is 1. The van der Waals surface area contributed by atoms with E-state index >= 15 is 0 Å². The van der Waals surface area contributed by atoms with Crippen molar-refractivity contribution in [2.24, 2.45) is 0 Å². The van der Waals surface area contributed by atoms with Crippen LogP contribution in [0.25, 0.3) is 0 Å². The van der Waals surface area contributed by atoms with Crippen molar-refractivity contribution >= 4 is 0 Å². The second-order valence-corrected chi connectivity index (χ2v) is 4.44. The van der Waals surface area contributed by atoms with Crippen LogP contribution in [0.1, 0.15) is 11.7 Å². The minimum absolute atomic E-state index is 0.217. The highest BCUT2D eigenvalue weighted by Gasteiger charge is 2.21. The zero-order chi connectivity index (χ0) is 12.3. The highest BCUT2D eigenvalue weighted by Crippen LogP contribution is 2.27. The van der Waals surface area contributed by atoms with Gasteiger partial charge in [0.25, 0.3) is 0 Å². The summed E-state index contributed by atoms with van der Waals surface area (Å²) in [6.45, 7) is 2.75. The average molecular weight is 236 g/mol. The van der Waals surface area contributed by atoms with E-state index in [9.17, 15) is 0 Å². The Hall–Kier alpha value is -1.33. The van der Waals surface area contributed by atoms with E-state index in [2.05, 4.69) is 41.6 Å². The fourth-order valence-corrected chi connectivity index (χ4v) is 1.98. The molecule has 0 spiro atoms. The van der Waals surface area contributed by atoms with Crippen LogP contribution in [0.4, 0.5) is 0 Å². The Kier molecular flexibility index (Phi) is 3.81. The molecule has 0 bridgehead atoms. The molecule has 0 radical (unpaired) electrons. The van der Waals surface area contributed by atoms with Gasteiger partial charge in [0.1, 0.15) is 5.69 Å². The quantitative estimate of drug-likeness (QED) is 0.762. The Bertz CT molecular complexity index is 397. The third-order valence-corrected chi connectivity index (χ3v) is 2.90. The van der Waals surface area contributed by atoms with E-state index in [1.165, 1.54) is 0 Å². The molecule has 2 heterocycles. The van der Waals surface area contributed by atoms with E-state index in [1.807, 2.05) is 4.68 Å². The van der Waals surface area contributed by atoms with Crippen LogP contribution < -0.4 is 10.1 Å². The summed E-state index contributed by atoms with van der Waals surface area (Å²) in [6, 6.07) is 0.217. The fraction of sp³-hybridized carbons (Fsp3) is 0.583. The van der Waals surface area contributed by atoms with Gasteiger partial charge in [-0.05, 0) is 14.1 Å². The lowest BCUT2D eigenvalue weighted by atomic mass is 10.2. The summed E-state index contributed by atoms with van der Waals surface area (Å²) >= 11 is 0. The van der Waals surface area contributed by atoms with E-state index in [0.29, 0.717) is 0 Å². The van der Waals surface area contributed by atoms with Crippen molar-refractivity contribution in [3.8, 4) is 5.75 Å². The molecule has 1 aromatic rings. The van der Waals surface area contributed by atoms with Crippen LogP contribution in [0.5, 0.6) is 5.75 Å². The monoisotopic (exact) mass is 236 g/mol. The molecule has 1 N–H and O–H groups in total. The molecule has 0 amide bonds. The molecule has 1 atom stereocenters. The topological polar surface area (TPSA) is 42.3 Å². The van der Waals surface area contributed by atoms with Crippen molar-refractivity contribution in [1.29, 1.82) is 0 Å². The molecule has 1 unspecified atom stereocenters. The summed E-state index contributed by atoms with van der Waals surface area (Å²) in [5.41, 5.74) is 1.11. The number of ether oxygens (including phenoxy) is 1. The first-order chi connectivity index (χ1) is 8.22. The third-order valence-electron chi connectivity index (χ3n) is 2.90. The lowest BCUT2D eigenvalue weighted by Gasteiger charge is -2.16. The van der Waals surface area contributed by atoms with Gasteiger partial charge in [-0.2, -0.15) is 5.10 Å². The molecule has 0 saturated carbocycles. The van der Waals surface area contributed by atoms with Crippen LogP contribution in [0, 0.1) is 0 Å². The molecule has 94 valence electrons. The first-order valence-corrected chi connectivity index (χ1v) is 5.87. The summed E-state index contributed by atoms with van der Waals surface area (Å²) in [6.07, 6.45) is 6.08. The lowest BCUT2D eigenvalue weighted by Crippen LogP contribution is -2.23. The minimum atomic E-state index is 0.217. The van der Waals surface area contributed by atoms with Crippen molar-refractivity contribution in [2.75, 3.05) is 34.3 Å². The molecule has 0 fully saturated rings. The third kappa shape index (κ3) is 2.68. The Labute approximate surface area is 102 Å². The predicted octanol–water partition coefficient (Wildman–Crippen LogP) is 0.654. The normalized spacial score (nSPS) is 19.2. The van der Waals surface area contributed by atoms with Gasteiger partial charge in [-0.25, -0.2) is 0 Å². The molecule has 0 saturated heterocycles. The van der Waals surface area contributed by atoms with Gasteiger partial charge in [0, 0.05) is 13.1 Å². The van der Waals surface area contributed by atoms with Crippen LogP contribution in [0.3, 0.4) is 0 Å². The maximum atomic E-state index is 5.37. The van der Waals surface area contributed by atoms with Gasteiger partial charge in [-0.3, -0.25) is 4.68 Å². The fourth-order valence-electron chi connectivity index (χ4n) is 1.98. The van der Waals surface area contributed by atoms with Crippen LogP contribution in [-0.2, 0) is 6.54 Å². The van der Waals surface area contributed by atoms with Gasteiger partial charge >= 0.3 is 0 Å². The standard InChI is InChI=1S/C12H20N4O/c1-15(2)7-8-16-12(10-5-4-6-13-10)11(17-3)9-14-16/h4-5,9-10,13H,6-8H2,1-3H3. The minimum Gasteiger partial charge on any atom is -0.493 e. The van der Waals surface area contributed by atoms with E-state index in [1.54, 1.807) is 13.3 Å². The Morgan fingerprint density at radius 1 is 1.59 bits per heavy atom. The summed E-state index contributed by atoms with van der Waals surface area (Å²) in [5, 5.41) is 7.79. The SMILES string of the molecule is COc1cnn(CCN(C)C)c1C1C=CCN1. The second-order valence-electron chi connectivity index (χ2n) is 4.44. The highest BCUT2D eigenvalue weighted by atomic mass is 16.5. The van der Waals surface area contributed by atoms with Gasteiger partial charge in [0.05, 0.1) is 25.9 Å². The van der Waals surface area contributed by atoms with Crippen molar-refractivity contribution < 1.29 is 4.74 Å². The summed E-state index contributed by atoms with van der Waals surface area (Å²) < 4.78 is 7.39. The zero-order valence-corrected chi connectivity index (χ0v) is 10.7. The molecule has 5 heteroatoms. The van der Waals surface area contributed by atoms with Gasteiger partial charge in [-0.1, -0.05) is 12.2 Å². The zero-order valence-electron chi connectivity index (χ0n) is 10.7. The molecular weight excluding hydrogens is 216 g/mol. The van der Waals surface area contributed by atoms with Gasteiger partial charge in [0.2, 0.25) is 0 Å². The Balaban J connectivity index is 2.19. The number of likely N-dealkylation sites (N-methyl/N-ethyl adjacent to an activating group) is 1. The second kappa shape index (κ2) is 5.33. The van der Waals surface area contributed by atoms with Crippen molar-refractivity contribution in [1.82, 2.24) is 20.0 Å². The summed E-state index contributed by atoms with van der Waals surface area (Å²) in [5.74, 6) is 0.854. The van der Waals surface area contributed by atoms with Crippen molar-refractivity contribution in [3.05, 3.63) is 24.0 Å². The molecule has 1 aliphatic rings. The molecular formula is C12H20N4O. The smallest absolute Gasteiger partial charge is 0.161 e. The molecule has 0 aliphatic carbocycles. The summed E-state index contributed by atoms with van der Waals surface area (Å²) in [7, 11) is 5.82. The molecule has 17 heavy (non-hydrogen) atoms. The van der Waals surface area contributed by atoms with Crippen LogP contribution >= 0.6 is 0 Å². The number of aromatic nitrogens is 2. The highest BCUT2D eigenvalue weighted by molar-refractivity contribution is 5.32. The first kappa shape index (κ1) is 12.1. The predicted molar refractivity (Wildman–Crippen MR) is 67.2 cm³/mol. The van der Waals surface area contributed by atoms with Gasteiger partial charge in [0.15, 0.2) is 5.75 Å². The maximum absolute atomic E-state index is 5.37. The summed E-state index contributed by atoms with van der Waals surface area (Å²) in [4.78, 5) is 2.15. The molecule has 2 rings (SSSR count). The number of rotatable bonds is 5. The number of hydrogen-bond donors (Lipinski definition) is 1. The largest absolute Gasteiger partial charge is 0.493 e.